The zero-order valence-corrected chi connectivity index (χ0v) is 20.0. The molecule has 0 radical (unpaired) electrons. The van der Waals surface area contributed by atoms with Gasteiger partial charge in [0.05, 0.1) is 29.8 Å². The number of nitrogens with one attached hydrogen (secondary N) is 1. The van der Waals surface area contributed by atoms with Crippen molar-refractivity contribution in [3.63, 3.8) is 0 Å². The number of methoxy groups -OCH3 is 1. The zero-order valence-electron chi connectivity index (χ0n) is 20.0. The average molecular weight is 464 g/mol. The Kier molecular flexibility index (Phi) is 5.38. The van der Waals surface area contributed by atoms with E-state index < -0.39 is 17.2 Å². The van der Waals surface area contributed by atoms with E-state index in [-0.39, 0.29) is 17.6 Å². The Morgan fingerprint density at radius 2 is 2.00 bits per heavy atom. The van der Waals surface area contributed by atoms with Crippen molar-refractivity contribution in [2.24, 2.45) is 5.41 Å². The summed E-state index contributed by atoms with van der Waals surface area (Å²) in [5.41, 5.74) is 4.60. The van der Waals surface area contributed by atoms with Gasteiger partial charge >= 0.3 is 5.97 Å². The molecular weight excluding hydrogens is 433 g/mol. The first-order valence-corrected chi connectivity index (χ1v) is 11.8. The van der Waals surface area contributed by atoms with Gasteiger partial charge in [0.15, 0.2) is 11.6 Å². The largest absolute Gasteiger partial charge is 0.494 e. The van der Waals surface area contributed by atoms with Crippen LogP contribution in [0.5, 0.6) is 5.75 Å². The summed E-state index contributed by atoms with van der Waals surface area (Å²) in [6, 6.07) is 9.25. The maximum absolute atomic E-state index is 14.3. The fourth-order valence-electron chi connectivity index (χ4n) is 5.59. The van der Waals surface area contributed by atoms with Crippen molar-refractivity contribution >= 4 is 27.8 Å². The quantitative estimate of drug-likeness (QED) is 0.353. The molecule has 6 nitrogen and oxygen atoms in total. The Hall–Kier alpha value is -3.35. The van der Waals surface area contributed by atoms with Gasteiger partial charge in [0.1, 0.15) is 0 Å². The van der Waals surface area contributed by atoms with Gasteiger partial charge in [-0.25, -0.2) is 4.39 Å². The molecule has 34 heavy (non-hydrogen) atoms. The van der Waals surface area contributed by atoms with E-state index in [0.717, 1.165) is 40.3 Å². The second-order valence-corrected chi connectivity index (χ2v) is 10.1. The highest BCUT2D eigenvalue weighted by Crippen LogP contribution is 2.48. The normalized spacial score (nSPS) is 20.9. The Balaban J connectivity index is 1.77. The molecule has 178 valence electrons. The van der Waals surface area contributed by atoms with E-state index in [1.54, 1.807) is 12.1 Å². The van der Waals surface area contributed by atoms with Crippen LogP contribution >= 0.6 is 0 Å². The number of ether oxygens (including phenoxy) is 1. The smallest absolute Gasteiger partial charge is 0.309 e. The SMILES string of the molecule is COc1cc(-n2c(C(C)C)c([C@H]3CC[C@](C)(C(=O)O)CC3)c3cc4[nH]ncc4cc32)ccc1F. The molecule has 1 saturated carbocycles. The molecule has 2 aromatic carbocycles. The molecule has 0 spiro atoms. The van der Waals surface area contributed by atoms with Crippen molar-refractivity contribution in [3.05, 3.63) is 53.6 Å². The molecule has 1 aliphatic rings. The minimum atomic E-state index is -0.713. The van der Waals surface area contributed by atoms with Gasteiger partial charge < -0.3 is 14.4 Å². The topological polar surface area (TPSA) is 80.1 Å². The number of halogens is 1. The van der Waals surface area contributed by atoms with E-state index >= 15 is 0 Å². The summed E-state index contributed by atoms with van der Waals surface area (Å²) < 4.78 is 21.8. The highest BCUT2D eigenvalue weighted by Gasteiger charge is 2.39. The molecule has 5 rings (SSSR count). The first kappa shape index (κ1) is 22.4. The first-order valence-electron chi connectivity index (χ1n) is 11.8. The van der Waals surface area contributed by atoms with E-state index in [2.05, 4.69) is 40.7 Å². The number of hydrogen-bond donors (Lipinski definition) is 2. The van der Waals surface area contributed by atoms with Gasteiger partial charge in [0.25, 0.3) is 0 Å². The summed E-state index contributed by atoms with van der Waals surface area (Å²) in [5, 5.41) is 19.2. The fraction of sp³-hybridized carbons (Fsp3) is 0.407. The highest BCUT2D eigenvalue weighted by molar-refractivity contribution is 5.99. The number of aliphatic carboxylic acids is 1. The number of aromatic nitrogens is 3. The van der Waals surface area contributed by atoms with Crippen LogP contribution in [0.25, 0.3) is 27.5 Å². The molecule has 2 N–H and O–H groups in total. The van der Waals surface area contributed by atoms with Gasteiger partial charge in [-0.15, -0.1) is 0 Å². The lowest BCUT2D eigenvalue weighted by molar-refractivity contribution is -0.149. The van der Waals surface area contributed by atoms with Crippen molar-refractivity contribution < 1.29 is 19.0 Å². The summed E-state index contributed by atoms with van der Waals surface area (Å²) in [5.74, 6) is -0.463. The van der Waals surface area contributed by atoms with Gasteiger partial charge in [0.2, 0.25) is 0 Å². The van der Waals surface area contributed by atoms with E-state index in [9.17, 15) is 14.3 Å². The Labute approximate surface area is 197 Å². The molecule has 0 bridgehead atoms. The van der Waals surface area contributed by atoms with Crippen molar-refractivity contribution in [2.45, 2.75) is 58.3 Å². The second kappa shape index (κ2) is 8.15. The fourth-order valence-corrected chi connectivity index (χ4v) is 5.59. The van der Waals surface area contributed by atoms with Crippen molar-refractivity contribution in [1.29, 1.82) is 0 Å². The molecule has 4 aromatic rings. The Morgan fingerprint density at radius 1 is 1.26 bits per heavy atom. The molecule has 0 unspecified atom stereocenters. The molecule has 0 atom stereocenters. The standard InChI is InChI=1S/C27H30FN3O3/c1-15(2)25-24(16-7-9-27(3,10-8-16)26(32)33)19-13-21-17(14-29-30-21)11-22(19)31(25)18-5-6-20(28)23(12-18)34-4/h5-6,11-16H,7-10H2,1-4H3,(H,29,30)(H,32,33)/t16-,27-. The number of carboxylic acids is 1. The van der Waals surface area contributed by atoms with Crippen LogP contribution in [0, 0.1) is 11.2 Å². The van der Waals surface area contributed by atoms with Crippen molar-refractivity contribution in [1.82, 2.24) is 14.8 Å². The van der Waals surface area contributed by atoms with Gasteiger partial charge in [-0.1, -0.05) is 13.8 Å². The third-order valence-corrected chi connectivity index (χ3v) is 7.56. The molecule has 0 saturated heterocycles. The minimum absolute atomic E-state index is 0.197. The van der Waals surface area contributed by atoms with Crippen LogP contribution in [0.4, 0.5) is 4.39 Å². The van der Waals surface area contributed by atoms with E-state index in [0.29, 0.717) is 12.8 Å². The third-order valence-electron chi connectivity index (χ3n) is 7.56. The number of aromatic amines is 1. The molecular formula is C27H30FN3O3. The second-order valence-electron chi connectivity index (χ2n) is 10.1. The number of hydrogen-bond acceptors (Lipinski definition) is 3. The summed E-state index contributed by atoms with van der Waals surface area (Å²) in [4.78, 5) is 11.8. The van der Waals surface area contributed by atoms with Crippen molar-refractivity contribution in [3.8, 4) is 11.4 Å². The predicted molar refractivity (Wildman–Crippen MR) is 130 cm³/mol. The molecule has 2 aromatic heterocycles. The van der Waals surface area contributed by atoms with Gasteiger partial charge in [-0.3, -0.25) is 9.89 Å². The highest BCUT2D eigenvalue weighted by atomic mass is 19.1. The molecule has 1 fully saturated rings. The van der Waals surface area contributed by atoms with Crippen LogP contribution < -0.4 is 4.74 Å². The van der Waals surface area contributed by atoms with Gasteiger partial charge in [-0.2, -0.15) is 5.10 Å². The molecule has 1 aliphatic carbocycles. The van der Waals surface area contributed by atoms with E-state index in [4.69, 9.17) is 4.74 Å². The lowest BCUT2D eigenvalue weighted by Crippen LogP contribution is -2.32. The van der Waals surface area contributed by atoms with Crippen LogP contribution in [-0.2, 0) is 4.79 Å². The number of H-pyrrole nitrogens is 1. The lowest BCUT2D eigenvalue weighted by atomic mass is 9.69. The minimum Gasteiger partial charge on any atom is -0.494 e. The number of rotatable bonds is 5. The number of benzene rings is 2. The molecule has 7 heteroatoms. The Morgan fingerprint density at radius 3 is 2.65 bits per heavy atom. The molecule has 0 aliphatic heterocycles. The number of carboxylic acid groups (broad SMARTS) is 1. The van der Waals surface area contributed by atoms with Crippen LogP contribution in [0.2, 0.25) is 0 Å². The van der Waals surface area contributed by atoms with Crippen LogP contribution in [-0.4, -0.2) is 33.0 Å². The van der Waals surface area contributed by atoms with Gasteiger partial charge in [-0.05, 0) is 74.3 Å². The summed E-state index contributed by atoms with van der Waals surface area (Å²) in [6.45, 7) is 6.20. The number of fused-ring (bicyclic) bond motifs is 2. The Bertz CT molecular complexity index is 1390. The maximum atomic E-state index is 14.3. The third kappa shape index (κ3) is 3.45. The monoisotopic (exact) mass is 463 g/mol. The number of nitrogens with zero attached hydrogens (tertiary/aromatic N) is 2. The van der Waals surface area contributed by atoms with Crippen LogP contribution in [0.15, 0.2) is 36.5 Å². The van der Waals surface area contributed by atoms with Crippen LogP contribution in [0.1, 0.15) is 69.5 Å². The molecule has 2 heterocycles. The average Bonchev–Trinajstić information content (AvgIpc) is 3.40. The molecule has 0 amide bonds. The van der Waals surface area contributed by atoms with Gasteiger partial charge in [0, 0.05) is 28.2 Å². The zero-order chi connectivity index (χ0) is 24.2. The number of carbonyl (C=O) groups is 1. The maximum Gasteiger partial charge on any atom is 0.309 e. The summed E-state index contributed by atoms with van der Waals surface area (Å²) >= 11 is 0. The predicted octanol–water partition coefficient (Wildman–Crippen LogP) is 6.53. The first-order chi connectivity index (χ1) is 16.2. The lowest BCUT2D eigenvalue weighted by Gasteiger charge is -2.34. The van der Waals surface area contributed by atoms with E-state index in [1.807, 2.05) is 13.1 Å². The summed E-state index contributed by atoms with van der Waals surface area (Å²) in [7, 11) is 1.47. The van der Waals surface area contributed by atoms with Crippen LogP contribution in [0.3, 0.4) is 0 Å². The summed E-state index contributed by atoms with van der Waals surface area (Å²) in [6.07, 6.45) is 4.73. The van der Waals surface area contributed by atoms with Crippen molar-refractivity contribution in [2.75, 3.05) is 7.11 Å². The van der Waals surface area contributed by atoms with E-state index in [1.165, 1.54) is 24.4 Å².